The van der Waals surface area contributed by atoms with Crippen molar-refractivity contribution >= 4 is 5.91 Å². The first-order chi connectivity index (χ1) is 8.89. The number of hydrogen-bond donors (Lipinski definition) is 1. The fraction of sp³-hybridized carbons (Fsp3) is 0.812. The number of nitrogens with one attached hydrogen (secondary N) is 1. The Kier molecular flexibility index (Phi) is 13.3. The highest BCUT2D eigenvalue weighted by Crippen LogP contribution is 2.07. The van der Waals surface area contributed by atoms with E-state index >= 15 is 0 Å². The minimum Gasteiger partial charge on any atom is -1.00 e. The number of carbonyl (C=O) groups excluding carboxylic acids is 1. The molecule has 0 saturated carbocycles. The monoisotopic (exact) mass is 304 g/mol. The van der Waals surface area contributed by atoms with Gasteiger partial charge >= 0.3 is 0 Å². The largest absolute Gasteiger partial charge is 1.00 e. The fourth-order valence-corrected chi connectivity index (χ4v) is 2.12. The average molecular weight is 305 g/mol. The standard InChI is InChI=1S/C16H32N2O.ClH/c1-6-7-8-9-10-13-18(4,5)14-11-12-17-16(19)15(2)3;/h2,6-14H2,1,3-5H3;1H. The summed E-state index contributed by atoms with van der Waals surface area (Å²) in [7, 11) is 4.56. The summed E-state index contributed by atoms with van der Waals surface area (Å²) >= 11 is 0. The lowest BCUT2D eigenvalue weighted by Crippen LogP contribution is -3.00. The summed E-state index contributed by atoms with van der Waals surface area (Å²) in [6.07, 6.45) is 7.72. The molecule has 0 heterocycles. The number of nitrogens with zero attached hydrogens (tertiary/aromatic N) is 1. The van der Waals surface area contributed by atoms with E-state index in [0.29, 0.717) is 5.57 Å². The molecule has 1 amide bonds. The Balaban J connectivity index is 0. The van der Waals surface area contributed by atoms with Crippen LogP contribution in [-0.2, 0) is 4.79 Å². The zero-order valence-electron chi connectivity index (χ0n) is 13.8. The Morgan fingerprint density at radius 2 is 1.60 bits per heavy atom. The maximum atomic E-state index is 11.3. The van der Waals surface area contributed by atoms with Crippen LogP contribution in [0.1, 0.15) is 52.4 Å². The number of rotatable bonds is 11. The minimum atomic E-state index is -0.0233. The molecule has 0 aromatic carbocycles. The van der Waals surface area contributed by atoms with E-state index in [1.807, 2.05) is 0 Å². The van der Waals surface area contributed by atoms with Gasteiger partial charge < -0.3 is 22.2 Å². The molecule has 0 fully saturated rings. The predicted octanol–water partition coefficient (Wildman–Crippen LogP) is 0.120. The van der Waals surface area contributed by atoms with Crippen molar-refractivity contribution in [2.45, 2.75) is 52.4 Å². The van der Waals surface area contributed by atoms with Crippen molar-refractivity contribution in [3.05, 3.63) is 12.2 Å². The second-order valence-electron chi connectivity index (χ2n) is 6.19. The van der Waals surface area contributed by atoms with E-state index in [2.05, 4.69) is 32.9 Å². The van der Waals surface area contributed by atoms with Crippen molar-refractivity contribution in [1.29, 1.82) is 0 Å². The summed E-state index contributed by atoms with van der Waals surface area (Å²) in [6.45, 7) is 10.7. The fourth-order valence-electron chi connectivity index (χ4n) is 2.12. The molecule has 0 radical (unpaired) electrons. The Morgan fingerprint density at radius 3 is 2.15 bits per heavy atom. The maximum Gasteiger partial charge on any atom is 0.246 e. The topological polar surface area (TPSA) is 29.1 Å². The molecule has 0 aliphatic carbocycles. The molecule has 0 unspecified atom stereocenters. The van der Waals surface area contributed by atoms with Gasteiger partial charge in [0.2, 0.25) is 5.91 Å². The van der Waals surface area contributed by atoms with Gasteiger partial charge in [-0.1, -0.05) is 32.8 Å². The molecule has 0 spiro atoms. The van der Waals surface area contributed by atoms with Crippen LogP contribution in [0.3, 0.4) is 0 Å². The summed E-state index contributed by atoms with van der Waals surface area (Å²) in [4.78, 5) is 11.3. The van der Waals surface area contributed by atoms with Gasteiger partial charge in [0.1, 0.15) is 0 Å². The van der Waals surface area contributed by atoms with Gasteiger partial charge in [0.15, 0.2) is 0 Å². The lowest BCUT2D eigenvalue weighted by molar-refractivity contribution is -0.890. The van der Waals surface area contributed by atoms with Gasteiger partial charge in [0.25, 0.3) is 0 Å². The van der Waals surface area contributed by atoms with E-state index in [9.17, 15) is 4.79 Å². The third-order valence-corrected chi connectivity index (χ3v) is 3.48. The molecule has 120 valence electrons. The van der Waals surface area contributed by atoms with Gasteiger partial charge in [-0.2, -0.15) is 0 Å². The summed E-state index contributed by atoms with van der Waals surface area (Å²) in [5.74, 6) is -0.0233. The van der Waals surface area contributed by atoms with E-state index in [1.165, 1.54) is 38.6 Å². The molecule has 0 aromatic heterocycles. The summed E-state index contributed by atoms with van der Waals surface area (Å²) < 4.78 is 1.05. The average Bonchev–Trinajstić information content (AvgIpc) is 2.34. The van der Waals surface area contributed by atoms with Crippen LogP contribution < -0.4 is 17.7 Å². The van der Waals surface area contributed by atoms with Crippen molar-refractivity contribution in [3.8, 4) is 0 Å². The number of quaternary nitrogens is 1. The highest BCUT2D eigenvalue weighted by Gasteiger charge is 2.13. The quantitative estimate of drug-likeness (QED) is 0.328. The Bertz CT molecular complexity index is 278. The van der Waals surface area contributed by atoms with Crippen LogP contribution in [0.2, 0.25) is 0 Å². The van der Waals surface area contributed by atoms with Crippen molar-refractivity contribution in [2.75, 3.05) is 33.7 Å². The van der Waals surface area contributed by atoms with Crippen LogP contribution in [0.4, 0.5) is 0 Å². The molecule has 0 rings (SSSR count). The molecule has 0 aromatic rings. The molecule has 1 N–H and O–H groups in total. The lowest BCUT2D eigenvalue weighted by Gasteiger charge is -2.30. The molecule has 20 heavy (non-hydrogen) atoms. The third kappa shape index (κ3) is 12.5. The normalized spacial score (nSPS) is 10.8. The summed E-state index contributed by atoms with van der Waals surface area (Å²) in [5, 5.41) is 2.89. The van der Waals surface area contributed by atoms with Crippen LogP contribution in [0.25, 0.3) is 0 Å². The molecule has 0 atom stereocenters. The minimum absolute atomic E-state index is 0. The Hall–Kier alpha value is -0.540. The van der Waals surface area contributed by atoms with Gasteiger partial charge in [0.05, 0.1) is 27.2 Å². The number of unbranched alkanes of at least 4 members (excludes halogenated alkanes) is 4. The van der Waals surface area contributed by atoms with Crippen LogP contribution in [0.15, 0.2) is 12.2 Å². The molecule has 0 aliphatic rings. The van der Waals surface area contributed by atoms with Gasteiger partial charge in [-0.05, 0) is 19.8 Å². The summed E-state index contributed by atoms with van der Waals surface area (Å²) in [5.41, 5.74) is 0.588. The smallest absolute Gasteiger partial charge is 0.246 e. The van der Waals surface area contributed by atoms with Gasteiger partial charge in [-0.3, -0.25) is 4.79 Å². The summed E-state index contributed by atoms with van der Waals surface area (Å²) in [6, 6.07) is 0. The highest BCUT2D eigenvalue weighted by atomic mass is 35.5. The molecule has 3 nitrogen and oxygen atoms in total. The molecule has 4 heteroatoms. The van der Waals surface area contributed by atoms with Crippen LogP contribution in [0, 0.1) is 0 Å². The predicted molar refractivity (Wildman–Crippen MR) is 83.0 cm³/mol. The molecule has 0 bridgehead atoms. The first-order valence-corrected chi connectivity index (χ1v) is 7.65. The molecule has 0 aliphatic heterocycles. The van der Waals surface area contributed by atoms with Crippen molar-refractivity contribution in [3.63, 3.8) is 0 Å². The van der Waals surface area contributed by atoms with Crippen molar-refractivity contribution in [1.82, 2.24) is 5.32 Å². The number of amides is 1. The Labute approximate surface area is 131 Å². The highest BCUT2D eigenvalue weighted by molar-refractivity contribution is 5.91. The van der Waals surface area contributed by atoms with Gasteiger partial charge in [-0.15, -0.1) is 0 Å². The molecule has 0 saturated heterocycles. The second-order valence-corrected chi connectivity index (χ2v) is 6.19. The van der Waals surface area contributed by atoms with Gasteiger partial charge in [0, 0.05) is 18.5 Å². The third-order valence-electron chi connectivity index (χ3n) is 3.48. The molecular weight excluding hydrogens is 272 g/mol. The van der Waals surface area contributed by atoms with Crippen LogP contribution in [0.5, 0.6) is 0 Å². The number of halogens is 1. The second kappa shape index (κ2) is 12.2. The van der Waals surface area contributed by atoms with Crippen LogP contribution in [-0.4, -0.2) is 44.1 Å². The SMILES string of the molecule is C=C(C)C(=O)NCCC[N+](C)(C)CCCCCCC.[Cl-]. The number of carbonyl (C=O) groups is 1. The van der Waals surface area contributed by atoms with E-state index in [1.54, 1.807) is 6.92 Å². The maximum absolute atomic E-state index is 11.3. The zero-order valence-corrected chi connectivity index (χ0v) is 14.6. The van der Waals surface area contributed by atoms with E-state index < -0.39 is 0 Å². The lowest BCUT2D eigenvalue weighted by atomic mass is 10.1. The van der Waals surface area contributed by atoms with E-state index in [0.717, 1.165) is 24.0 Å². The molecular formula is C16H33ClN2O. The van der Waals surface area contributed by atoms with Crippen molar-refractivity contribution in [2.24, 2.45) is 0 Å². The van der Waals surface area contributed by atoms with E-state index in [-0.39, 0.29) is 18.3 Å². The first kappa shape index (κ1) is 21.8. The van der Waals surface area contributed by atoms with E-state index in [4.69, 9.17) is 0 Å². The first-order valence-electron chi connectivity index (χ1n) is 7.65. The zero-order chi connectivity index (χ0) is 14.7. The van der Waals surface area contributed by atoms with Gasteiger partial charge in [-0.25, -0.2) is 0 Å². The number of hydrogen-bond acceptors (Lipinski definition) is 1. The Morgan fingerprint density at radius 1 is 1.05 bits per heavy atom. The van der Waals surface area contributed by atoms with Crippen LogP contribution >= 0.6 is 0 Å². The van der Waals surface area contributed by atoms with Crippen molar-refractivity contribution < 1.29 is 21.7 Å².